The number of amides is 2. The second-order valence-corrected chi connectivity index (χ2v) is 5.79. The van der Waals surface area contributed by atoms with Crippen molar-refractivity contribution in [1.29, 1.82) is 0 Å². The molecule has 1 heterocycles. The molecule has 22 heavy (non-hydrogen) atoms. The predicted octanol–water partition coefficient (Wildman–Crippen LogP) is 3.62. The zero-order chi connectivity index (χ0) is 15.8. The van der Waals surface area contributed by atoms with Crippen LogP contribution in [0.3, 0.4) is 0 Å². The molecule has 2 rings (SSSR count). The molecule has 0 radical (unpaired) electrons. The third-order valence-electron chi connectivity index (χ3n) is 3.48. The Morgan fingerprint density at radius 2 is 1.95 bits per heavy atom. The van der Waals surface area contributed by atoms with Gasteiger partial charge in [0.2, 0.25) is 0 Å². The highest BCUT2D eigenvalue weighted by atomic mass is 79.9. The number of nitrogens with zero attached hydrogens (tertiary/aromatic N) is 2. The summed E-state index contributed by atoms with van der Waals surface area (Å²) in [5.41, 5.74) is 2.26. The third kappa shape index (κ3) is 4.84. The van der Waals surface area contributed by atoms with Crippen LogP contribution in [0.4, 0.5) is 4.79 Å². The lowest BCUT2D eigenvalue weighted by Crippen LogP contribution is -2.40. The van der Waals surface area contributed by atoms with Crippen molar-refractivity contribution in [2.45, 2.75) is 19.9 Å². The SMILES string of the molecule is CCN(CCc1ccncc1)C(=O)NCc1ccccc1Br. The fraction of sp³-hybridized carbons (Fsp3) is 0.294. The van der Waals surface area contributed by atoms with E-state index in [1.54, 1.807) is 12.4 Å². The topological polar surface area (TPSA) is 45.2 Å². The van der Waals surface area contributed by atoms with Crippen molar-refractivity contribution >= 4 is 22.0 Å². The van der Waals surface area contributed by atoms with Gasteiger partial charge >= 0.3 is 6.03 Å². The van der Waals surface area contributed by atoms with E-state index in [4.69, 9.17) is 0 Å². The number of pyridine rings is 1. The first-order valence-electron chi connectivity index (χ1n) is 7.35. The van der Waals surface area contributed by atoms with E-state index in [1.807, 2.05) is 48.2 Å². The highest BCUT2D eigenvalue weighted by Gasteiger charge is 2.11. The molecule has 2 aromatic rings. The number of hydrogen-bond donors (Lipinski definition) is 1. The highest BCUT2D eigenvalue weighted by Crippen LogP contribution is 2.15. The molecule has 0 spiro atoms. The van der Waals surface area contributed by atoms with Crippen LogP contribution in [0.2, 0.25) is 0 Å². The summed E-state index contributed by atoms with van der Waals surface area (Å²) >= 11 is 3.49. The van der Waals surface area contributed by atoms with Gasteiger partial charge < -0.3 is 10.2 Å². The van der Waals surface area contributed by atoms with Gasteiger partial charge in [-0.3, -0.25) is 4.98 Å². The standard InChI is InChI=1S/C17H20BrN3O/c1-2-21(12-9-14-7-10-19-11-8-14)17(22)20-13-15-5-3-4-6-16(15)18/h3-8,10-11H,2,9,12-13H2,1H3,(H,20,22). The number of benzene rings is 1. The zero-order valence-corrected chi connectivity index (χ0v) is 14.2. The highest BCUT2D eigenvalue weighted by molar-refractivity contribution is 9.10. The molecule has 1 N–H and O–H groups in total. The molecule has 0 fully saturated rings. The van der Waals surface area contributed by atoms with Gasteiger partial charge in [-0.25, -0.2) is 4.79 Å². The first-order chi connectivity index (χ1) is 10.7. The molecule has 0 bridgehead atoms. The third-order valence-corrected chi connectivity index (χ3v) is 4.25. The first-order valence-corrected chi connectivity index (χ1v) is 8.15. The minimum Gasteiger partial charge on any atom is -0.334 e. The maximum atomic E-state index is 12.3. The van der Waals surface area contributed by atoms with E-state index >= 15 is 0 Å². The predicted molar refractivity (Wildman–Crippen MR) is 91.6 cm³/mol. The molecule has 1 aromatic heterocycles. The summed E-state index contributed by atoms with van der Waals surface area (Å²) in [6, 6.07) is 11.8. The van der Waals surface area contributed by atoms with Crippen molar-refractivity contribution in [2.75, 3.05) is 13.1 Å². The molecule has 116 valence electrons. The molecule has 2 amide bonds. The van der Waals surface area contributed by atoms with Gasteiger partial charge in [0.05, 0.1) is 0 Å². The van der Waals surface area contributed by atoms with Crippen LogP contribution in [0.5, 0.6) is 0 Å². The van der Waals surface area contributed by atoms with Gasteiger partial charge in [0.25, 0.3) is 0 Å². The molecule has 0 aliphatic heterocycles. The average molecular weight is 362 g/mol. The molecule has 0 aliphatic carbocycles. The number of rotatable bonds is 6. The molecule has 0 unspecified atom stereocenters. The molecule has 5 heteroatoms. The Kier molecular flexibility index (Phi) is 6.40. The second-order valence-electron chi connectivity index (χ2n) is 4.94. The number of halogens is 1. The second kappa shape index (κ2) is 8.54. The fourth-order valence-corrected chi connectivity index (χ4v) is 2.57. The molecule has 1 aromatic carbocycles. The minimum absolute atomic E-state index is 0.0349. The van der Waals surface area contributed by atoms with E-state index in [9.17, 15) is 4.79 Å². The van der Waals surface area contributed by atoms with Crippen molar-refractivity contribution < 1.29 is 4.79 Å². The smallest absolute Gasteiger partial charge is 0.317 e. The Labute approximate surface area is 139 Å². The Balaban J connectivity index is 1.85. The van der Waals surface area contributed by atoms with Crippen molar-refractivity contribution in [3.63, 3.8) is 0 Å². The molecular formula is C17H20BrN3O. The van der Waals surface area contributed by atoms with Crippen LogP contribution in [0.25, 0.3) is 0 Å². The van der Waals surface area contributed by atoms with Crippen molar-refractivity contribution in [2.24, 2.45) is 0 Å². The lowest BCUT2D eigenvalue weighted by molar-refractivity contribution is 0.200. The average Bonchev–Trinajstić information content (AvgIpc) is 2.55. The first kappa shape index (κ1) is 16.5. The van der Waals surface area contributed by atoms with Gasteiger partial charge in [-0.05, 0) is 42.7 Å². The molecular weight excluding hydrogens is 342 g/mol. The molecule has 0 saturated carbocycles. The Hall–Kier alpha value is -1.88. The van der Waals surface area contributed by atoms with Gasteiger partial charge in [-0.15, -0.1) is 0 Å². The number of hydrogen-bond acceptors (Lipinski definition) is 2. The maximum Gasteiger partial charge on any atom is 0.317 e. The van der Waals surface area contributed by atoms with Gasteiger partial charge in [0, 0.05) is 36.5 Å². The molecule has 0 saturated heterocycles. The Morgan fingerprint density at radius 1 is 1.23 bits per heavy atom. The van der Waals surface area contributed by atoms with Crippen LogP contribution >= 0.6 is 15.9 Å². The Morgan fingerprint density at radius 3 is 2.64 bits per heavy atom. The summed E-state index contributed by atoms with van der Waals surface area (Å²) in [5, 5.41) is 2.97. The zero-order valence-electron chi connectivity index (χ0n) is 12.6. The quantitative estimate of drug-likeness (QED) is 0.853. The van der Waals surface area contributed by atoms with Crippen LogP contribution in [0.1, 0.15) is 18.1 Å². The van der Waals surface area contributed by atoms with Crippen molar-refractivity contribution in [3.05, 3.63) is 64.4 Å². The lowest BCUT2D eigenvalue weighted by Gasteiger charge is -2.21. The van der Waals surface area contributed by atoms with Gasteiger partial charge in [0.15, 0.2) is 0 Å². The number of nitrogens with one attached hydrogen (secondary N) is 1. The molecule has 0 aliphatic rings. The largest absolute Gasteiger partial charge is 0.334 e. The van der Waals surface area contributed by atoms with Crippen LogP contribution in [0, 0.1) is 0 Å². The monoisotopic (exact) mass is 361 g/mol. The van der Waals surface area contributed by atoms with Crippen LogP contribution in [-0.4, -0.2) is 29.0 Å². The van der Waals surface area contributed by atoms with E-state index in [-0.39, 0.29) is 6.03 Å². The summed E-state index contributed by atoms with van der Waals surface area (Å²) in [6.07, 6.45) is 4.38. The van der Waals surface area contributed by atoms with Crippen LogP contribution in [-0.2, 0) is 13.0 Å². The van der Waals surface area contributed by atoms with Crippen molar-refractivity contribution in [3.8, 4) is 0 Å². The fourth-order valence-electron chi connectivity index (χ4n) is 2.14. The maximum absolute atomic E-state index is 12.3. The van der Waals surface area contributed by atoms with E-state index < -0.39 is 0 Å². The summed E-state index contributed by atoms with van der Waals surface area (Å²) in [5.74, 6) is 0. The molecule has 4 nitrogen and oxygen atoms in total. The number of likely N-dealkylation sites (N-methyl/N-ethyl adjacent to an activating group) is 1. The number of aromatic nitrogens is 1. The van der Waals surface area contributed by atoms with E-state index in [1.165, 1.54) is 5.56 Å². The van der Waals surface area contributed by atoms with Gasteiger partial charge in [-0.1, -0.05) is 34.1 Å². The summed E-state index contributed by atoms with van der Waals surface area (Å²) in [7, 11) is 0. The molecule has 0 atom stereocenters. The minimum atomic E-state index is -0.0349. The van der Waals surface area contributed by atoms with Gasteiger partial charge in [0.1, 0.15) is 0 Å². The van der Waals surface area contributed by atoms with E-state index in [0.717, 1.165) is 16.5 Å². The van der Waals surface area contributed by atoms with E-state index in [0.29, 0.717) is 19.6 Å². The number of urea groups is 1. The normalized spacial score (nSPS) is 10.3. The van der Waals surface area contributed by atoms with Gasteiger partial charge in [-0.2, -0.15) is 0 Å². The Bertz CT molecular complexity index is 604. The summed E-state index contributed by atoms with van der Waals surface area (Å²) in [6.45, 7) is 3.89. The number of carbonyl (C=O) groups excluding carboxylic acids is 1. The van der Waals surface area contributed by atoms with Crippen LogP contribution in [0.15, 0.2) is 53.3 Å². The summed E-state index contributed by atoms with van der Waals surface area (Å²) < 4.78 is 1.01. The van der Waals surface area contributed by atoms with E-state index in [2.05, 4.69) is 26.2 Å². The van der Waals surface area contributed by atoms with Crippen molar-refractivity contribution in [1.82, 2.24) is 15.2 Å². The summed E-state index contributed by atoms with van der Waals surface area (Å²) in [4.78, 5) is 18.1. The van der Waals surface area contributed by atoms with Crippen LogP contribution < -0.4 is 5.32 Å². The lowest BCUT2D eigenvalue weighted by atomic mass is 10.2. The number of carbonyl (C=O) groups is 1.